The minimum Gasteiger partial charge on any atom is -0.396 e. The van der Waals surface area contributed by atoms with E-state index in [1.165, 1.54) is 6.42 Å². The Morgan fingerprint density at radius 3 is 2.42 bits per heavy atom. The molecule has 1 heterocycles. The fraction of sp³-hybridized carbons (Fsp3) is 1.00. The van der Waals surface area contributed by atoms with Crippen molar-refractivity contribution in [1.29, 1.82) is 0 Å². The van der Waals surface area contributed by atoms with Crippen LogP contribution in [0.3, 0.4) is 0 Å². The van der Waals surface area contributed by atoms with Crippen LogP contribution in [-0.2, 0) is 4.74 Å². The molecule has 1 aliphatic heterocycles. The highest BCUT2D eigenvalue weighted by atomic mass is 16.6. The number of aliphatic hydroxyl groups excluding tert-OH is 1. The molecule has 0 spiro atoms. The van der Waals surface area contributed by atoms with E-state index in [9.17, 15) is 0 Å². The second kappa shape index (κ2) is 3.75. The molecule has 2 atom stereocenters. The fourth-order valence-electron chi connectivity index (χ4n) is 1.54. The van der Waals surface area contributed by atoms with Gasteiger partial charge in [0.05, 0.1) is 11.7 Å². The third-order valence-electron chi connectivity index (χ3n) is 2.71. The topological polar surface area (TPSA) is 32.8 Å². The Morgan fingerprint density at radius 1 is 1.42 bits per heavy atom. The molecular formula is C10H20O2. The van der Waals surface area contributed by atoms with Crippen LogP contribution in [-0.4, -0.2) is 23.4 Å². The minimum absolute atomic E-state index is 0.138. The third-order valence-corrected chi connectivity index (χ3v) is 2.71. The molecule has 0 radical (unpaired) electrons. The zero-order valence-electron chi connectivity index (χ0n) is 8.34. The van der Waals surface area contributed by atoms with Gasteiger partial charge in [0, 0.05) is 6.61 Å². The molecule has 0 saturated carbocycles. The Balaban J connectivity index is 2.03. The number of hydrogen-bond acceptors (Lipinski definition) is 2. The molecule has 0 amide bonds. The third kappa shape index (κ3) is 2.76. The average Bonchev–Trinajstić information content (AvgIpc) is 2.56. The Hall–Kier alpha value is -0.0800. The maximum Gasteiger partial charge on any atom is 0.0892 e. The Bertz CT molecular complexity index is 143. The average molecular weight is 172 g/mol. The summed E-state index contributed by atoms with van der Waals surface area (Å²) in [5.41, 5.74) is 0.138. The van der Waals surface area contributed by atoms with Crippen LogP contribution in [0.4, 0.5) is 0 Å². The molecule has 2 nitrogen and oxygen atoms in total. The van der Waals surface area contributed by atoms with Crippen molar-refractivity contribution >= 4 is 0 Å². The molecule has 0 unspecified atom stereocenters. The number of aliphatic hydroxyl groups is 1. The lowest BCUT2D eigenvalue weighted by Crippen LogP contribution is -2.05. The highest BCUT2D eigenvalue weighted by Crippen LogP contribution is 2.39. The Labute approximate surface area is 74.9 Å². The molecule has 1 rings (SSSR count). The Kier molecular flexibility index (Phi) is 3.13. The maximum absolute atomic E-state index is 8.69. The standard InChI is InChI=1S/C10H20O2/c1-8(6-7-11)4-5-9-10(2,3)12-9/h8-9,11H,4-7H2,1-3H3/t8-,9-/m1/s1. The zero-order valence-corrected chi connectivity index (χ0v) is 8.34. The first-order valence-electron chi connectivity index (χ1n) is 4.85. The van der Waals surface area contributed by atoms with Gasteiger partial charge in [-0.1, -0.05) is 6.92 Å². The van der Waals surface area contributed by atoms with Crippen molar-refractivity contribution < 1.29 is 9.84 Å². The van der Waals surface area contributed by atoms with Crippen molar-refractivity contribution in [3.05, 3.63) is 0 Å². The summed E-state index contributed by atoms with van der Waals surface area (Å²) >= 11 is 0. The van der Waals surface area contributed by atoms with Crippen LogP contribution in [0.5, 0.6) is 0 Å². The van der Waals surface area contributed by atoms with E-state index in [2.05, 4.69) is 20.8 Å². The van der Waals surface area contributed by atoms with Gasteiger partial charge in [-0.25, -0.2) is 0 Å². The number of rotatable bonds is 5. The molecule has 2 heteroatoms. The highest BCUT2D eigenvalue weighted by molar-refractivity contribution is 4.94. The summed E-state index contributed by atoms with van der Waals surface area (Å²) in [5, 5.41) is 8.69. The van der Waals surface area contributed by atoms with Crippen molar-refractivity contribution in [3.63, 3.8) is 0 Å². The largest absolute Gasteiger partial charge is 0.396 e. The first kappa shape index (κ1) is 10.0. The van der Waals surface area contributed by atoms with Gasteiger partial charge in [0.15, 0.2) is 0 Å². The van der Waals surface area contributed by atoms with E-state index in [1.54, 1.807) is 0 Å². The predicted octanol–water partition coefficient (Wildman–Crippen LogP) is 1.96. The second-order valence-corrected chi connectivity index (χ2v) is 4.40. The molecule has 0 aromatic rings. The molecule has 1 fully saturated rings. The van der Waals surface area contributed by atoms with Crippen molar-refractivity contribution in [1.82, 2.24) is 0 Å². The highest BCUT2D eigenvalue weighted by Gasteiger charge is 2.46. The maximum atomic E-state index is 8.69. The lowest BCUT2D eigenvalue weighted by atomic mass is 9.98. The van der Waals surface area contributed by atoms with E-state index in [0.29, 0.717) is 18.6 Å². The fourth-order valence-corrected chi connectivity index (χ4v) is 1.54. The van der Waals surface area contributed by atoms with E-state index in [-0.39, 0.29) is 5.60 Å². The van der Waals surface area contributed by atoms with Gasteiger partial charge in [-0.15, -0.1) is 0 Å². The monoisotopic (exact) mass is 172 g/mol. The van der Waals surface area contributed by atoms with Crippen LogP contribution in [0.25, 0.3) is 0 Å². The van der Waals surface area contributed by atoms with Crippen molar-refractivity contribution in [2.45, 2.75) is 51.7 Å². The van der Waals surface area contributed by atoms with Crippen molar-refractivity contribution in [3.8, 4) is 0 Å². The summed E-state index contributed by atoms with van der Waals surface area (Å²) in [6.07, 6.45) is 3.72. The number of epoxide rings is 1. The van der Waals surface area contributed by atoms with Gasteiger partial charge >= 0.3 is 0 Å². The predicted molar refractivity (Wildman–Crippen MR) is 49.1 cm³/mol. The van der Waals surface area contributed by atoms with Gasteiger partial charge in [-0.05, 0) is 39.0 Å². The van der Waals surface area contributed by atoms with Gasteiger partial charge < -0.3 is 9.84 Å². The molecule has 1 N–H and O–H groups in total. The van der Waals surface area contributed by atoms with Crippen LogP contribution in [0.1, 0.15) is 40.0 Å². The molecule has 0 bridgehead atoms. The van der Waals surface area contributed by atoms with Gasteiger partial charge in [0.1, 0.15) is 0 Å². The first-order chi connectivity index (χ1) is 5.56. The van der Waals surface area contributed by atoms with Gasteiger partial charge in [0.25, 0.3) is 0 Å². The van der Waals surface area contributed by atoms with Gasteiger partial charge in [-0.3, -0.25) is 0 Å². The quantitative estimate of drug-likeness (QED) is 0.643. The van der Waals surface area contributed by atoms with Crippen LogP contribution < -0.4 is 0 Å². The number of ether oxygens (including phenoxy) is 1. The minimum atomic E-state index is 0.138. The van der Waals surface area contributed by atoms with E-state index < -0.39 is 0 Å². The van der Waals surface area contributed by atoms with E-state index in [1.807, 2.05) is 0 Å². The summed E-state index contributed by atoms with van der Waals surface area (Å²) in [7, 11) is 0. The lowest BCUT2D eigenvalue weighted by molar-refractivity contribution is 0.253. The summed E-state index contributed by atoms with van der Waals surface area (Å²) in [6.45, 7) is 6.77. The van der Waals surface area contributed by atoms with E-state index in [4.69, 9.17) is 9.84 Å². The Morgan fingerprint density at radius 2 is 2.00 bits per heavy atom. The summed E-state index contributed by atoms with van der Waals surface area (Å²) in [6, 6.07) is 0. The molecule has 1 aliphatic rings. The summed E-state index contributed by atoms with van der Waals surface area (Å²) in [5.74, 6) is 0.634. The SMILES string of the molecule is C[C@@H](CCO)CC[C@H]1OC1(C)C. The molecule has 0 aromatic heterocycles. The van der Waals surface area contributed by atoms with E-state index in [0.717, 1.165) is 12.8 Å². The van der Waals surface area contributed by atoms with Crippen LogP contribution >= 0.6 is 0 Å². The summed E-state index contributed by atoms with van der Waals surface area (Å²) in [4.78, 5) is 0. The van der Waals surface area contributed by atoms with Crippen LogP contribution in [0.15, 0.2) is 0 Å². The molecule has 0 aliphatic carbocycles. The first-order valence-corrected chi connectivity index (χ1v) is 4.85. The van der Waals surface area contributed by atoms with Crippen LogP contribution in [0.2, 0.25) is 0 Å². The van der Waals surface area contributed by atoms with Crippen molar-refractivity contribution in [2.24, 2.45) is 5.92 Å². The van der Waals surface area contributed by atoms with Crippen molar-refractivity contribution in [2.75, 3.05) is 6.61 Å². The van der Waals surface area contributed by atoms with Crippen LogP contribution in [0, 0.1) is 5.92 Å². The lowest BCUT2D eigenvalue weighted by Gasteiger charge is -2.07. The molecule has 12 heavy (non-hydrogen) atoms. The number of hydrogen-bond donors (Lipinski definition) is 1. The summed E-state index contributed by atoms with van der Waals surface area (Å²) < 4.78 is 5.47. The molecule has 0 aromatic carbocycles. The normalized spacial score (nSPS) is 28.5. The van der Waals surface area contributed by atoms with Gasteiger partial charge in [-0.2, -0.15) is 0 Å². The van der Waals surface area contributed by atoms with Gasteiger partial charge in [0.2, 0.25) is 0 Å². The molecular weight excluding hydrogens is 152 g/mol. The smallest absolute Gasteiger partial charge is 0.0892 e. The molecule has 72 valence electrons. The molecule has 1 saturated heterocycles. The van der Waals surface area contributed by atoms with E-state index >= 15 is 0 Å². The zero-order chi connectivity index (χ0) is 9.19. The second-order valence-electron chi connectivity index (χ2n) is 4.40.